The number of carbonyl (C=O) groups is 1. The summed E-state index contributed by atoms with van der Waals surface area (Å²) in [5, 5.41) is 4.17. The highest BCUT2D eigenvalue weighted by Crippen LogP contribution is 2.41. The van der Waals surface area contributed by atoms with Gasteiger partial charge in [-0.1, -0.05) is 30.3 Å². The summed E-state index contributed by atoms with van der Waals surface area (Å²) in [6.07, 6.45) is -3.37. The van der Waals surface area contributed by atoms with Gasteiger partial charge in [0.05, 0.1) is 12.6 Å². The summed E-state index contributed by atoms with van der Waals surface area (Å²) in [6.45, 7) is 3.25. The lowest BCUT2D eigenvalue weighted by molar-refractivity contribution is -0.138. The molecule has 1 aromatic heterocycles. The van der Waals surface area contributed by atoms with Gasteiger partial charge in [-0.3, -0.25) is 9.63 Å². The summed E-state index contributed by atoms with van der Waals surface area (Å²) in [5.74, 6) is -0.410. The maximum absolute atomic E-state index is 13.9. The van der Waals surface area contributed by atoms with Gasteiger partial charge in [0.15, 0.2) is 5.82 Å². The molecule has 11 heteroatoms. The molecule has 37 heavy (non-hydrogen) atoms. The number of carbonyl (C=O) groups excluding carboxylic acids is 1. The van der Waals surface area contributed by atoms with Crippen LogP contribution in [-0.4, -0.2) is 65.5 Å². The first-order valence-corrected chi connectivity index (χ1v) is 12.1. The third-order valence-electron chi connectivity index (χ3n) is 6.55. The molecule has 5 rings (SSSR count). The molecule has 2 saturated heterocycles. The number of hydrogen-bond donors (Lipinski definition) is 1. The second kappa shape index (κ2) is 10.3. The molecule has 3 aromatic rings. The van der Waals surface area contributed by atoms with Crippen LogP contribution in [0.2, 0.25) is 0 Å². The van der Waals surface area contributed by atoms with Gasteiger partial charge in [0.1, 0.15) is 5.56 Å². The van der Waals surface area contributed by atoms with Crippen LogP contribution in [0, 0.1) is 0 Å². The van der Waals surface area contributed by atoms with Gasteiger partial charge in [-0.2, -0.15) is 18.2 Å². The van der Waals surface area contributed by atoms with Crippen LogP contribution in [0.25, 0.3) is 0 Å². The number of anilines is 3. The number of benzene rings is 2. The predicted molar refractivity (Wildman–Crippen MR) is 132 cm³/mol. The number of hydrogen-bond acceptors (Lipinski definition) is 7. The summed E-state index contributed by atoms with van der Waals surface area (Å²) in [7, 11) is 2.02. The summed E-state index contributed by atoms with van der Waals surface area (Å²) < 4.78 is 41.6. The van der Waals surface area contributed by atoms with Gasteiger partial charge in [0, 0.05) is 50.0 Å². The first-order chi connectivity index (χ1) is 17.8. The van der Waals surface area contributed by atoms with Crippen LogP contribution in [0.1, 0.15) is 33.9 Å². The average molecular weight is 513 g/mol. The van der Waals surface area contributed by atoms with Crippen LogP contribution in [0.15, 0.2) is 60.8 Å². The number of aromatic nitrogens is 2. The van der Waals surface area contributed by atoms with E-state index in [1.165, 1.54) is 5.06 Å². The standard InChI is InChI=1S/C26H27F3N6O2/c1-33-12-14-34(15-13-33)24(36)19-7-9-20(10-8-19)31-25-30-17-21(26(27,28)29)23(32-25)35-22(11-16-37-35)18-5-3-2-4-6-18/h2-10,17,22H,11-16H2,1H3,(H,30,31,32)/t22-/m0/s1. The molecule has 194 valence electrons. The molecule has 0 radical (unpaired) electrons. The zero-order chi connectivity index (χ0) is 26.0. The van der Waals surface area contributed by atoms with Crippen LogP contribution < -0.4 is 10.4 Å². The van der Waals surface area contributed by atoms with Gasteiger partial charge < -0.3 is 15.1 Å². The summed E-state index contributed by atoms with van der Waals surface area (Å²) in [5.41, 5.74) is 0.943. The quantitative estimate of drug-likeness (QED) is 0.539. The lowest BCUT2D eigenvalue weighted by Crippen LogP contribution is -2.47. The molecule has 0 saturated carbocycles. The number of amides is 1. The van der Waals surface area contributed by atoms with E-state index < -0.39 is 17.8 Å². The Morgan fingerprint density at radius 3 is 2.41 bits per heavy atom. The Morgan fingerprint density at radius 1 is 1.03 bits per heavy atom. The van der Waals surface area contributed by atoms with Crippen molar-refractivity contribution in [1.82, 2.24) is 19.8 Å². The van der Waals surface area contributed by atoms with E-state index in [2.05, 4.69) is 20.2 Å². The molecule has 1 N–H and O–H groups in total. The zero-order valence-corrected chi connectivity index (χ0v) is 20.3. The number of halogens is 3. The maximum atomic E-state index is 13.9. The van der Waals surface area contributed by atoms with Crippen molar-refractivity contribution in [3.8, 4) is 0 Å². The van der Waals surface area contributed by atoms with E-state index in [1.807, 2.05) is 42.3 Å². The van der Waals surface area contributed by atoms with Crippen molar-refractivity contribution in [2.75, 3.05) is 50.2 Å². The van der Waals surface area contributed by atoms with Crippen LogP contribution in [0.4, 0.5) is 30.6 Å². The van der Waals surface area contributed by atoms with E-state index in [1.54, 1.807) is 24.3 Å². The first kappa shape index (κ1) is 25.0. The maximum Gasteiger partial charge on any atom is 0.421 e. The van der Waals surface area contributed by atoms with Crippen LogP contribution >= 0.6 is 0 Å². The van der Waals surface area contributed by atoms with Gasteiger partial charge >= 0.3 is 6.18 Å². The van der Waals surface area contributed by atoms with E-state index in [9.17, 15) is 18.0 Å². The lowest BCUT2D eigenvalue weighted by atomic mass is 10.0. The fraction of sp³-hybridized carbons (Fsp3) is 0.346. The highest BCUT2D eigenvalue weighted by atomic mass is 19.4. The Balaban J connectivity index is 1.37. The normalized spacial score (nSPS) is 18.8. The molecule has 1 amide bonds. The molecule has 0 bridgehead atoms. The number of nitrogens with one attached hydrogen (secondary N) is 1. The van der Waals surface area contributed by atoms with Crippen molar-refractivity contribution in [3.63, 3.8) is 0 Å². The molecular weight excluding hydrogens is 485 g/mol. The average Bonchev–Trinajstić information content (AvgIpc) is 3.39. The highest BCUT2D eigenvalue weighted by Gasteiger charge is 2.40. The van der Waals surface area contributed by atoms with Gasteiger partial charge in [-0.05, 0) is 36.9 Å². The van der Waals surface area contributed by atoms with Crippen molar-refractivity contribution in [3.05, 3.63) is 77.5 Å². The second-order valence-corrected chi connectivity index (χ2v) is 9.10. The van der Waals surface area contributed by atoms with Gasteiger partial charge in [0.25, 0.3) is 5.91 Å². The van der Waals surface area contributed by atoms with Gasteiger partial charge in [0.2, 0.25) is 5.95 Å². The largest absolute Gasteiger partial charge is 0.421 e. The van der Waals surface area contributed by atoms with Crippen LogP contribution in [0.5, 0.6) is 0 Å². The summed E-state index contributed by atoms with van der Waals surface area (Å²) >= 11 is 0. The SMILES string of the molecule is CN1CCN(C(=O)c2ccc(Nc3ncc(C(F)(F)F)c(N4OCC[C@H]4c4ccccc4)n3)cc2)CC1. The van der Waals surface area contributed by atoms with Crippen molar-refractivity contribution >= 4 is 23.4 Å². The number of nitrogens with zero attached hydrogens (tertiary/aromatic N) is 5. The molecule has 2 aliphatic heterocycles. The Hall–Kier alpha value is -3.70. The highest BCUT2D eigenvalue weighted by molar-refractivity contribution is 5.94. The van der Waals surface area contributed by atoms with Gasteiger partial charge in [-0.25, -0.2) is 10.0 Å². The molecular formula is C26H27F3N6O2. The number of hydroxylamine groups is 1. The van der Waals surface area contributed by atoms with Crippen molar-refractivity contribution in [2.45, 2.75) is 18.6 Å². The minimum Gasteiger partial charge on any atom is -0.336 e. The van der Waals surface area contributed by atoms with Crippen molar-refractivity contribution in [1.29, 1.82) is 0 Å². The van der Waals surface area contributed by atoms with Crippen LogP contribution in [0.3, 0.4) is 0 Å². The predicted octanol–water partition coefficient (Wildman–Crippen LogP) is 4.51. The number of likely N-dealkylation sites (N-methyl/N-ethyl adjacent to an activating group) is 1. The molecule has 2 aliphatic rings. The van der Waals surface area contributed by atoms with Gasteiger partial charge in [-0.15, -0.1) is 0 Å². The molecule has 2 fully saturated rings. The van der Waals surface area contributed by atoms with Crippen molar-refractivity contribution < 1.29 is 22.8 Å². The summed E-state index contributed by atoms with van der Waals surface area (Å²) in [6, 6.07) is 15.5. The number of piperazine rings is 1. The van der Waals surface area contributed by atoms with Crippen molar-refractivity contribution in [2.24, 2.45) is 0 Å². The van der Waals surface area contributed by atoms with E-state index in [0.29, 0.717) is 30.8 Å². The molecule has 3 heterocycles. The third kappa shape index (κ3) is 5.52. The van der Waals surface area contributed by atoms with E-state index in [-0.39, 0.29) is 24.3 Å². The Bertz CT molecular complexity index is 1230. The molecule has 0 spiro atoms. The topological polar surface area (TPSA) is 73.8 Å². The third-order valence-corrected chi connectivity index (χ3v) is 6.55. The number of alkyl halides is 3. The minimum absolute atomic E-state index is 0.0107. The smallest absolute Gasteiger partial charge is 0.336 e. The first-order valence-electron chi connectivity index (χ1n) is 12.1. The summed E-state index contributed by atoms with van der Waals surface area (Å²) in [4.78, 5) is 30.5. The Labute approximate surface area is 212 Å². The van der Waals surface area contributed by atoms with E-state index in [4.69, 9.17) is 4.84 Å². The Morgan fingerprint density at radius 2 is 1.73 bits per heavy atom. The molecule has 0 aliphatic carbocycles. The van der Waals surface area contributed by atoms with Crippen LogP contribution in [-0.2, 0) is 11.0 Å². The monoisotopic (exact) mass is 512 g/mol. The minimum atomic E-state index is -4.66. The Kier molecular flexibility index (Phi) is 6.98. The molecule has 1 atom stereocenters. The second-order valence-electron chi connectivity index (χ2n) is 9.10. The molecule has 8 nitrogen and oxygen atoms in total. The lowest BCUT2D eigenvalue weighted by Gasteiger charge is -2.32. The molecule has 2 aromatic carbocycles. The fourth-order valence-electron chi connectivity index (χ4n) is 4.47. The van der Waals surface area contributed by atoms with E-state index in [0.717, 1.165) is 24.8 Å². The van der Waals surface area contributed by atoms with E-state index >= 15 is 0 Å². The zero-order valence-electron chi connectivity index (χ0n) is 20.3. The number of rotatable bonds is 5. The fourth-order valence-corrected chi connectivity index (χ4v) is 4.47. The molecule has 0 unspecified atom stereocenters.